The van der Waals surface area contributed by atoms with Crippen LogP contribution < -0.4 is 14.8 Å². The molecule has 1 heterocycles. The molecular formula is C19H20N4O9S2. The Balaban J connectivity index is 2.05. The Morgan fingerprint density at radius 3 is 2.32 bits per heavy atom. The molecule has 2 amide bonds. The second kappa shape index (κ2) is 11.0. The van der Waals surface area contributed by atoms with Crippen molar-refractivity contribution in [3.63, 3.8) is 0 Å². The zero-order chi connectivity index (χ0) is 25.5. The third-order valence-electron chi connectivity index (χ3n) is 4.09. The number of carboxylic acid groups (broad SMARTS) is 1. The lowest BCUT2D eigenvalue weighted by Gasteiger charge is -2.11. The van der Waals surface area contributed by atoms with Gasteiger partial charge in [0, 0.05) is 11.8 Å². The molecule has 0 bridgehead atoms. The fourth-order valence-corrected chi connectivity index (χ4v) is 4.02. The Hall–Kier alpha value is -3.69. The van der Waals surface area contributed by atoms with Gasteiger partial charge in [-0.05, 0) is 30.3 Å². The summed E-state index contributed by atoms with van der Waals surface area (Å²) in [7, 11) is -7.94. The highest BCUT2D eigenvalue weighted by Crippen LogP contribution is 2.13. The van der Waals surface area contributed by atoms with Gasteiger partial charge in [-0.15, -0.1) is 0 Å². The molecule has 0 aliphatic carbocycles. The van der Waals surface area contributed by atoms with E-state index in [1.54, 1.807) is 4.72 Å². The van der Waals surface area contributed by atoms with Crippen LogP contribution in [0.2, 0.25) is 0 Å². The Morgan fingerprint density at radius 1 is 1.06 bits per heavy atom. The molecule has 2 rings (SSSR count). The van der Waals surface area contributed by atoms with E-state index < -0.39 is 50.3 Å². The van der Waals surface area contributed by atoms with Crippen LogP contribution in [0, 0.1) is 0 Å². The highest BCUT2D eigenvalue weighted by atomic mass is 32.2. The summed E-state index contributed by atoms with van der Waals surface area (Å²) < 4.78 is 51.5. The minimum absolute atomic E-state index is 0.0217. The fourth-order valence-electron chi connectivity index (χ4n) is 2.52. The number of amides is 2. The fraction of sp³-hybridized carbons (Fsp3) is 0.211. The molecule has 0 saturated heterocycles. The number of aromatic nitrogens is 1. The number of nitrogens with one attached hydrogen (secondary N) is 3. The Morgan fingerprint density at radius 2 is 1.76 bits per heavy atom. The minimum Gasteiger partial charge on any atom is -0.481 e. The molecule has 0 radical (unpaired) electrons. The summed E-state index contributed by atoms with van der Waals surface area (Å²) in [6.45, 7) is -0.278. The second-order valence-electron chi connectivity index (χ2n) is 6.91. The topological polar surface area (TPSA) is 206 Å². The highest BCUT2D eigenvalue weighted by molar-refractivity contribution is 7.89. The number of sulfonamides is 2. The molecule has 15 heteroatoms. The maximum atomic E-state index is 12.5. The van der Waals surface area contributed by atoms with E-state index in [1.807, 2.05) is 0 Å². The predicted molar refractivity (Wildman–Crippen MR) is 117 cm³/mol. The van der Waals surface area contributed by atoms with Gasteiger partial charge in [0.05, 0.1) is 41.4 Å². The molecule has 0 spiro atoms. The van der Waals surface area contributed by atoms with Crippen LogP contribution in [-0.4, -0.2) is 63.3 Å². The van der Waals surface area contributed by atoms with Crippen molar-refractivity contribution in [3.8, 4) is 0 Å². The quantitative estimate of drug-likeness (QED) is 0.271. The molecule has 34 heavy (non-hydrogen) atoms. The van der Waals surface area contributed by atoms with Gasteiger partial charge in [0.2, 0.25) is 20.0 Å². The average molecular weight is 513 g/mol. The molecule has 1 unspecified atom stereocenters. The maximum Gasteiger partial charge on any atom is 0.305 e. The predicted octanol–water partition coefficient (Wildman–Crippen LogP) is -0.978. The Bertz CT molecular complexity index is 1310. The van der Waals surface area contributed by atoms with Gasteiger partial charge in [-0.3, -0.25) is 19.4 Å². The van der Waals surface area contributed by atoms with E-state index >= 15 is 0 Å². The van der Waals surface area contributed by atoms with Crippen molar-refractivity contribution in [2.24, 2.45) is 0 Å². The summed E-state index contributed by atoms with van der Waals surface area (Å²) >= 11 is 0. The lowest BCUT2D eigenvalue weighted by Crippen LogP contribution is -2.37. The Labute approximate surface area is 194 Å². The summed E-state index contributed by atoms with van der Waals surface area (Å²) in [6, 6.07) is 6.17. The number of hydrogen-bond acceptors (Lipinski definition) is 9. The van der Waals surface area contributed by atoms with Crippen molar-refractivity contribution in [1.82, 2.24) is 19.7 Å². The SMILES string of the molecule is CS(=O)(=O)NC(=O)c1cccc(S(=O)(=O)NCc2ccc(C(=O)NC(C=O)CC(=O)O)cn2)c1. The molecule has 13 nitrogen and oxygen atoms in total. The molecule has 2 aromatic rings. The summed E-state index contributed by atoms with van der Waals surface area (Å²) in [6.07, 6.45) is 1.62. The number of benzene rings is 1. The largest absolute Gasteiger partial charge is 0.481 e. The van der Waals surface area contributed by atoms with Crippen LogP contribution in [0.15, 0.2) is 47.5 Å². The number of rotatable bonds is 11. The molecule has 0 aliphatic heterocycles. The summed E-state index contributed by atoms with van der Waals surface area (Å²) in [5.41, 5.74) is 0.0651. The number of aliphatic carboxylic acids is 1. The number of pyridine rings is 1. The molecule has 4 N–H and O–H groups in total. The lowest BCUT2D eigenvalue weighted by atomic mass is 10.2. The van der Waals surface area contributed by atoms with Gasteiger partial charge in [-0.25, -0.2) is 26.3 Å². The van der Waals surface area contributed by atoms with Crippen LogP contribution >= 0.6 is 0 Å². The first kappa shape index (κ1) is 26.6. The Kier molecular flexibility index (Phi) is 8.56. The van der Waals surface area contributed by atoms with Crippen molar-refractivity contribution in [2.45, 2.75) is 23.9 Å². The van der Waals surface area contributed by atoms with Crippen molar-refractivity contribution in [1.29, 1.82) is 0 Å². The van der Waals surface area contributed by atoms with Crippen molar-refractivity contribution < 1.29 is 41.1 Å². The minimum atomic E-state index is -4.11. The molecule has 0 fully saturated rings. The van der Waals surface area contributed by atoms with Crippen molar-refractivity contribution in [2.75, 3.05) is 6.26 Å². The van der Waals surface area contributed by atoms with Crippen LogP contribution in [0.3, 0.4) is 0 Å². The van der Waals surface area contributed by atoms with Crippen molar-refractivity contribution >= 4 is 44.1 Å². The van der Waals surface area contributed by atoms with Gasteiger partial charge in [-0.2, -0.15) is 0 Å². The summed E-state index contributed by atoms with van der Waals surface area (Å²) in [5, 5.41) is 10.9. The van der Waals surface area contributed by atoms with E-state index in [1.165, 1.54) is 30.3 Å². The number of carboxylic acids is 1. The molecule has 1 aromatic carbocycles. The smallest absolute Gasteiger partial charge is 0.305 e. The standard InChI is InChI=1S/C19H20N4O9S2/c1-33(29,30)23-19(28)12-3-2-4-16(7-12)34(31,32)21-10-14-6-5-13(9-20-14)18(27)22-15(11-24)8-17(25)26/h2-7,9,11,15,21H,8,10H2,1H3,(H,22,27)(H,23,28)(H,25,26). The number of carbonyl (C=O) groups excluding carboxylic acids is 3. The van der Waals surface area contributed by atoms with Crippen LogP contribution in [0.1, 0.15) is 32.8 Å². The highest BCUT2D eigenvalue weighted by Gasteiger charge is 2.19. The summed E-state index contributed by atoms with van der Waals surface area (Å²) in [5.74, 6) is -2.99. The van der Waals surface area contributed by atoms with E-state index in [-0.39, 0.29) is 28.3 Å². The van der Waals surface area contributed by atoms with Crippen LogP contribution in [0.4, 0.5) is 0 Å². The molecular weight excluding hydrogens is 492 g/mol. The van der Waals surface area contributed by atoms with Crippen LogP contribution in [0.5, 0.6) is 0 Å². The number of hydrogen-bond donors (Lipinski definition) is 4. The zero-order valence-corrected chi connectivity index (χ0v) is 19.2. The number of nitrogens with zero attached hydrogens (tertiary/aromatic N) is 1. The molecule has 0 aliphatic rings. The molecule has 0 saturated carbocycles. The molecule has 1 atom stereocenters. The van der Waals surface area contributed by atoms with E-state index in [2.05, 4.69) is 15.0 Å². The normalized spacial score (nSPS) is 12.4. The van der Waals surface area contributed by atoms with Gasteiger partial charge in [0.1, 0.15) is 6.29 Å². The average Bonchev–Trinajstić information content (AvgIpc) is 2.76. The summed E-state index contributed by atoms with van der Waals surface area (Å²) in [4.78, 5) is 49.3. The van der Waals surface area contributed by atoms with Gasteiger partial charge < -0.3 is 15.2 Å². The number of carbonyl (C=O) groups is 4. The zero-order valence-electron chi connectivity index (χ0n) is 17.6. The van der Waals surface area contributed by atoms with Gasteiger partial charge in [0.15, 0.2) is 0 Å². The first-order valence-corrected chi connectivity index (χ1v) is 12.7. The molecule has 182 valence electrons. The van der Waals surface area contributed by atoms with Gasteiger partial charge in [0.25, 0.3) is 11.8 Å². The van der Waals surface area contributed by atoms with E-state index in [0.717, 1.165) is 18.5 Å². The van der Waals surface area contributed by atoms with Crippen molar-refractivity contribution in [3.05, 3.63) is 59.4 Å². The maximum absolute atomic E-state index is 12.5. The first-order valence-electron chi connectivity index (χ1n) is 9.35. The van der Waals surface area contributed by atoms with E-state index in [9.17, 15) is 36.0 Å². The monoisotopic (exact) mass is 512 g/mol. The van der Waals surface area contributed by atoms with E-state index in [4.69, 9.17) is 5.11 Å². The third-order valence-corrected chi connectivity index (χ3v) is 6.05. The molecule has 1 aromatic heterocycles. The second-order valence-corrected chi connectivity index (χ2v) is 10.4. The van der Waals surface area contributed by atoms with Crippen LogP contribution in [0.25, 0.3) is 0 Å². The van der Waals surface area contributed by atoms with Crippen LogP contribution in [-0.2, 0) is 36.2 Å². The third kappa shape index (κ3) is 8.02. The van der Waals surface area contributed by atoms with Gasteiger partial charge in [-0.1, -0.05) is 6.07 Å². The van der Waals surface area contributed by atoms with Gasteiger partial charge >= 0.3 is 5.97 Å². The first-order chi connectivity index (χ1) is 15.8. The lowest BCUT2D eigenvalue weighted by molar-refractivity contribution is -0.138. The van der Waals surface area contributed by atoms with E-state index in [0.29, 0.717) is 6.29 Å². The number of aldehydes is 1.